The summed E-state index contributed by atoms with van der Waals surface area (Å²) in [5.41, 5.74) is 1.57. The van der Waals surface area contributed by atoms with Crippen LogP contribution >= 0.6 is 0 Å². The molecular formula is C22H26FN3O3S. The van der Waals surface area contributed by atoms with Gasteiger partial charge in [-0.3, -0.25) is 4.31 Å². The molecule has 0 N–H and O–H groups in total. The Kier molecular flexibility index (Phi) is 5.60. The van der Waals surface area contributed by atoms with Gasteiger partial charge in [0.1, 0.15) is 17.4 Å². The molecule has 2 aliphatic rings. The summed E-state index contributed by atoms with van der Waals surface area (Å²) in [6, 6.07) is 11.6. The number of hydrogen-bond acceptors (Lipinski definition) is 5. The SMILES string of the molecule is CCCN1C(N2CCN(c3ccc(F)cc3)CC2)=Cc2c(OC)cccc2S1(=O)=O. The van der Waals surface area contributed by atoms with E-state index in [1.54, 1.807) is 37.4 Å². The van der Waals surface area contributed by atoms with Crippen molar-refractivity contribution in [1.29, 1.82) is 0 Å². The molecule has 0 unspecified atom stereocenters. The molecule has 1 saturated heterocycles. The molecule has 2 aromatic rings. The van der Waals surface area contributed by atoms with E-state index in [1.807, 2.05) is 13.0 Å². The molecule has 0 spiro atoms. The van der Waals surface area contributed by atoms with Gasteiger partial charge in [-0.15, -0.1) is 0 Å². The van der Waals surface area contributed by atoms with Gasteiger partial charge in [-0.1, -0.05) is 13.0 Å². The average Bonchev–Trinajstić information content (AvgIpc) is 2.76. The zero-order valence-corrected chi connectivity index (χ0v) is 18.0. The molecule has 8 heteroatoms. The molecule has 0 saturated carbocycles. The molecule has 0 amide bonds. The first-order valence-corrected chi connectivity index (χ1v) is 11.6. The summed E-state index contributed by atoms with van der Waals surface area (Å²) in [7, 11) is -2.11. The molecule has 0 aliphatic carbocycles. The summed E-state index contributed by atoms with van der Waals surface area (Å²) in [6.07, 6.45) is 2.64. The Morgan fingerprint density at radius 3 is 2.30 bits per heavy atom. The molecule has 0 bridgehead atoms. The second kappa shape index (κ2) is 8.18. The zero-order chi connectivity index (χ0) is 21.3. The fourth-order valence-electron chi connectivity index (χ4n) is 4.04. The molecule has 4 rings (SSSR count). The third-order valence-electron chi connectivity index (χ3n) is 5.57. The monoisotopic (exact) mass is 431 g/mol. The van der Waals surface area contributed by atoms with E-state index in [0.29, 0.717) is 43.2 Å². The molecule has 0 radical (unpaired) electrons. The molecule has 1 fully saturated rings. The van der Waals surface area contributed by atoms with Gasteiger partial charge in [-0.05, 0) is 48.9 Å². The van der Waals surface area contributed by atoms with E-state index in [-0.39, 0.29) is 10.7 Å². The van der Waals surface area contributed by atoms with E-state index < -0.39 is 10.0 Å². The van der Waals surface area contributed by atoms with Gasteiger partial charge in [-0.2, -0.15) is 0 Å². The number of piperazine rings is 1. The molecule has 30 heavy (non-hydrogen) atoms. The zero-order valence-electron chi connectivity index (χ0n) is 17.2. The van der Waals surface area contributed by atoms with Crippen LogP contribution in [0.4, 0.5) is 10.1 Å². The third-order valence-corrected chi connectivity index (χ3v) is 7.43. The lowest BCUT2D eigenvalue weighted by atomic mass is 10.1. The van der Waals surface area contributed by atoms with Gasteiger partial charge >= 0.3 is 0 Å². The number of rotatable bonds is 5. The highest BCUT2D eigenvalue weighted by atomic mass is 32.2. The van der Waals surface area contributed by atoms with Crippen molar-refractivity contribution in [3.8, 4) is 5.75 Å². The normalized spacial score (nSPS) is 18.1. The Bertz CT molecular complexity index is 1050. The second-order valence-corrected chi connectivity index (χ2v) is 9.23. The minimum atomic E-state index is -3.66. The van der Waals surface area contributed by atoms with Gasteiger partial charge in [0, 0.05) is 44.0 Å². The first kappa shape index (κ1) is 20.5. The maximum absolute atomic E-state index is 13.4. The Hall–Kier alpha value is -2.74. The third kappa shape index (κ3) is 3.60. The number of ether oxygens (including phenoxy) is 1. The molecule has 6 nitrogen and oxygen atoms in total. The van der Waals surface area contributed by atoms with Gasteiger partial charge in [0.2, 0.25) is 0 Å². The van der Waals surface area contributed by atoms with Crippen molar-refractivity contribution in [1.82, 2.24) is 9.21 Å². The van der Waals surface area contributed by atoms with Gasteiger partial charge in [0.15, 0.2) is 0 Å². The van der Waals surface area contributed by atoms with Crippen LogP contribution in [0.5, 0.6) is 5.75 Å². The summed E-state index contributed by atoms with van der Waals surface area (Å²) in [6.45, 7) is 5.18. The molecule has 2 aromatic carbocycles. The highest BCUT2D eigenvalue weighted by Gasteiger charge is 2.36. The van der Waals surface area contributed by atoms with Gasteiger partial charge in [0.25, 0.3) is 10.0 Å². The van der Waals surface area contributed by atoms with Crippen molar-refractivity contribution < 1.29 is 17.5 Å². The lowest BCUT2D eigenvalue weighted by molar-refractivity contribution is 0.257. The quantitative estimate of drug-likeness (QED) is 0.727. The lowest BCUT2D eigenvalue weighted by Crippen LogP contribution is -2.50. The summed E-state index contributed by atoms with van der Waals surface area (Å²) in [4.78, 5) is 4.58. The van der Waals surface area contributed by atoms with E-state index in [1.165, 1.54) is 16.4 Å². The van der Waals surface area contributed by atoms with Crippen LogP contribution in [0, 0.1) is 5.82 Å². The van der Waals surface area contributed by atoms with E-state index in [2.05, 4.69) is 9.80 Å². The van der Waals surface area contributed by atoms with Gasteiger partial charge in [-0.25, -0.2) is 12.8 Å². The number of fused-ring (bicyclic) bond motifs is 1. The van der Waals surface area contributed by atoms with E-state index >= 15 is 0 Å². The summed E-state index contributed by atoms with van der Waals surface area (Å²) >= 11 is 0. The fourth-order valence-corrected chi connectivity index (χ4v) is 5.81. The van der Waals surface area contributed by atoms with Crippen LogP contribution in [0.25, 0.3) is 6.08 Å². The van der Waals surface area contributed by atoms with Crippen LogP contribution in [0.1, 0.15) is 18.9 Å². The highest BCUT2D eigenvalue weighted by Crippen LogP contribution is 2.38. The van der Waals surface area contributed by atoms with Gasteiger partial charge in [0.05, 0.1) is 12.0 Å². The van der Waals surface area contributed by atoms with Crippen molar-refractivity contribution in [3.63, 3.8) is 0 Å². The van der Waals surface area contributed by atoms with Crippen molar-refractivity contribution >= 4 is 21.8 Å². The van der Waals surface area contributed by atoms with Crippen LogP contribution in [0.2, 0.25) is 0 Å². The molecule has 2 aliphatic heterocycles. The Morgan fingerprint density at radius 1 is 1.00 bits per heavy atom. The number of benzene rings is 2. The predicted octanol–water partition coefficient (Wildman–Crippen LogP) is 3.37. The maximum atomic E-state index is 13.4. The van der Waals surface area contributed by atoms with E-state index in [9.17, 15) is 12.8 Å². The lowest BCUT2D eigenvalue weighted by Gasteiger charge is -2.43. The van der Waals surface area contributed by atoms with Crippen LogP contribution < -0.4 is 9.64 Å². The van der Waals surface area contributed by atoms with Crippen LogP contribution in [0.3, 0.4) is 0 Å². The predicted molar refractivity (Wildman–Crippen MR) is 115 cm³/mol. The Balaban J connectivity index is 1.65. The number of nitrogens with zero attached hydrogens (tertiary/aromatic N) is 3. The largest absolute Gasteiger partial charge is 0.496 e. The van der Waals surface area contributed by atoms with Crippen LogP contribution in [0.15, 0.2) is 53.2 Å². The first-order valence-electron chi connectivity index (χ1n) is 10.1. The average molecular weight is 432 g/mol. The number of methoxy groups -OCH3 is 1. The summed E-state index contributed by atoms with van der Waals surface area (Å²) < 4.78 is 47.0. The minimum absolute atomic E-state index is 0.252. The fraction of sp³-hybridized carbons (Fsp3) is 0.364. The molecule has 0 atom stereocenters. The topological polar surface area (TPSA) is 53.1 Å². The number of anilines is 1. The smallest absolute Gasteiger partial charge is 0.266 e. The van der Waals surface area contributed by atoms with Gasteiger partial charge < -0.3 is 14.5 Å². The molecule has 0 aromatic heterocycles. The minimum Gasteiger partial charge on any atom is -0.496 e. The van der Waals surface area contributed by atoms with Crippen LogP contribution in [-0.4, -0.2) is 57.5 Å². The first-order chi connectivity index (χ1) is 14.5. The summed E-state index contributed by atoms with van der Waals surface area (Å²) in [5.74, 6) is 0.986. The Morgan fingerprint density at radius 2 is 1.67 bits per heavy atom. The molecule has 2 heterocycles. The van der Waals surface area contributed by atoms with Crippen molar-refractivity contribution in [2.24, 2.45) is 0 Å². The number of hydrogen-bond donors (Lipinski definition) is 0. The van der Waals surface area contributed by atoms with Crippen LogP contribution in [-0.2, 0) is 10.0 Å². The molecular weight excluding hydrogens is 405 g/mol. The maximum Gasteiger partial charge on any atom is 0.266 e. The number of halogens is 1. The van der Waals surface area contributed by atoms with Crippen molar-refractivity contribution in [2.45, 2.75) is 18.2 Å². The number of sulfonamides is 1. The second-order valence-electron chi connectivity index (χ2n) is 7.40. The highest BCUT2D eigenvalue weighted by molar-refractivity contribution is 7.89. The standard InChI is InChI=1S/C22H26FN3O3S/c1-3-11-26-22(16-19-20(29-2)5-4-6-21(19)30(26,27)28)25-14-12-24(13-15-25)18-9-7-17(23)8-10-18/h4-10,16H,3,11-15H2,1-2H3. The Labute approximate surface area is 177 Å². The van der Waals surface area contributed by atoms with Crippen molar-refractivity contribution in [3.05, 3.63) is 59.7 Å². The summed E-state index contributed by atoms with van der Waals surface area (Å²) in [5, 5.41) is 0. The van der Waals surface area contributed by atoms with Crippen molar-refractivity contribution in [2.75, 3.05) is 44.7 Å². The van der Waals surface area contributed by atoms with E-state index in [0.717, 1.165) is 18.8 Å². The van der Waals surface area contributed by atoms with E-state index in [4.69, 9.17) is 4.74 Å². The molecule has 160 valence electrons.